The van der Waals surface area contributed by atoms with Crippen LogP contribution >= 0.6 is 0 Å². The molecule has 21 heavy (non-hydrogen) atoms. The van der Waals surface area contributed by atoms with E-state index in [4.69, 9.17) is 5.11 Å². The highest BCUT2D eigenvalue weighted by Crippen LogP contribution is 2.16. The lowest BCUT2D eigenvalue weighted by atomic mass is 10.2. The van der Waals surface area contributed by atoms with Gasteiger partial charge in [0.2, 0.25) is 0 Å². The molecule has 112 valence electrons. The van der Waals surface area contributed by atoms with Crippen molar-refractivity contribution >= 4 is 21.8 Å². The number of rotatable bonds is 5. The molecule has 0 spiro atoms. The fourth-order valence-corrected chi connectivity index (χ4v) is 2.76. The summed E-state index contributed by atoms with van der Waals surface area (Å²) >= 11 is 0. The third kappa shape index (κ3) is 3.60. The molecule has 2 N–H and O–H groups in total. The van der Waals surface area contributed by atoms with Crippen LogP contribution in [-0.4, -0.2) is 29.3 Å². The van der Waals surface area contributed by atoms with E-state index in [-0.39, 0.29) is 17.1 Å². The normalized spacial score (nSPS) is 11.3. The lowest BCUT2D eigenvalue weighted by molar-refractivity contribution is -0.136. The van der Waals surface area contributed by atoms with Crippen LogP contribution in [0.15, 0.2) is 35.2 Å². The van der Waals surface area contributed by atoms with Crippen molar-refractivity contribution in [2.45, 2.75) is 18.2 Å². The number of anilines is 1. The molecule has 0 fully saturated rings. The SMILES string of the molecule is Cc1cc(NS(=O)(=O)c2ccc(CC(=O)O)cc2)nn1C. The molecule has 0 bridgehead atoms. The van der Waals surface area contributed by atoms with Crippen molar-refractivity contribution < 1.29 is 18.3 Å². The number of carboxylic acids is 1. The van der Waals surface area contributed by atoms with Gasteiger partial charge in [0.15, 0.2) is 5.82 Å². The smallest absolute Gasteiger partial charge is 0.307 e. The topological polar surface area (TPSA) is 101 Å². The highest BCUT2D eigenvalue weighted by atomic mass is 32.2. The summed E-state index contributed by atoms with van der Waals surface area (Å²) in [4.78, 5) is 10.6. The van der Waals surface area contributed by atoms with Crippen molar-refractivity contribution in [1.29, 1.82) is 0 Å². The van der Waals surface area contributed by atoms with E-state index in [1.807, 2.05) is 6.92 Å². The Balaban J connectivity index is 2.21. The molecule has 0 aliphatic heterocycles. The molecular formula is C13H15N3O4S. The van der Waals surface area contributed by atoms with E-state index in [1.165, 1.54) is 24.3 Å². The number of aromatic nitrogens is 2. The second kappa shape index (κ2) is 5.57. The van der Waals surface area contributed by atoms with E-state index in [2.05, 4.69) is 9.82 Å². The first-order valence-electron chi connectivity index (χ1n) is 6.12. The highest BCUT2D eigenvalue weighted by molar-refractivity contribution is 7.92. The van der Waals surface area contributed by atoms with Crippen LogP contribution in [0.25, 0.3) is 0 Å². The average Bonchev–Trinajstić information content (AvgIpc) is 2.67. The Morgan fingerprint density at radius 1 is 1.33 bits per heavy atom. The second-order valence-corrected chi connectivity index (χ2v) is 6.30. The Hall–Kier alpha value is -2.35. The zero-order valence-corrected chi connectivity index (χ0v) is 12.4. The summed E-state index contributed by atoms with van der Waals surface area (Å²) in [5.74, 6) is -0.725. The van der Waals surface area contributed by atoms with Gasteiger partial charge in [-0.3, -0.25) is 14.2 Å². The largest absolute Gasteiger partial charge is 0.481 e. The summed E-state index contributed by atoms with van der Waals surface area (Å²) in [6.45, 7) is 1.81. The van der Waals surface area contributed by atoms with Crippen LogP contribution in [0.2, 0.25) is 0 Å². The van der Waals surface area contributed by atoms with Gasteiger partial charge in [-0.25, -0.2) is 8.42 Å². The molecule has 0 atom stereocenters. The second-order valence-electron chi connectivity index (χ2n) is 4.61. The van der Waals surface area contributed by atoms with Gasteiger partial charge < -0.3 is 5.11 Å². The van der Waals surface area contributed by atoms with Crippen molar-refractivity contribution in [3.05, 3.63) is 41.6 Å². The summed E-state index contributed by atoms with van der Waals surface area (Å²) in [5.41, 5.74) is 1.36. The number of aliphatic carboxylic acids is 1. The molecule has 2 aromatic rings. The van der Waals surface area contributed by atoms with E-state index < -0.39 is 16.0 Å². The molecule has 1 aromatic heterocycles. The first-order valence-corrected chi connectivity index (χ1v) is 7.60. The first kappa shape index (κ1) is 15.0. The Morgan fingerprint density at radius 2 is 1.95 bits per heavy atom. The standard InChI is InChI=1S/C13H15N3O4S/c1-9-7-12(14-16(9)2)15-21(19,20)11-5-3-10(4-6-11)8-13(17)18/h3-7H,8H2,1-2H3,(H,14,15)(H,17,18). The Bertz CT molecular complexity index is 744. The minimum Gasteiger partial charge on any atom is -0.481 e. The molecule has 0 saturated heterocycles. The molecule has 0 aliphatic carbocycles. The number of hydrogen-bond donors (Lipinski definition) is 2. The lowest BCUT2D eigenvalue weighted by Crippen LogP contribution is -2.13. The van der Waals surface area contributed by atoms with Crippen molar-refractivity contribution in [2.75, 3.05) is 4.72 Å². The Labute approximate surface area is 122 Å². The third-order valence-corrected chi connectivity index (χ3v) is 4.31. The molecule has 0 radical (unpaired) electrons. The van der Waals surface area contributed by atoms with Gasteiger partial charge in [0.05, 0.1) is 11.3 Å². The average molecular weight is 309 g/mol. The third-order valence-electron chi connectivity index (χ3n) is 2.94. The predicted octanol–water partition coefficient (Wildman–Crippen LogP) is 1.16. The van der Waals surface area contributed by atoms with Crippen LogP contribution in [0.3, 0.4) is 0 Å². The Morgan fingerprint density at radius 3 is 2.43 bits per heavy atom. The summed E-state index contributed by atoms with van der Waals surface area (Å²) in [7, 11) is -2.02. The van der Waals surface area contributed by atoms with Gasteiger partial charge in [-0.05, 0) is 24.6 Å². The van der Waals surface area contributed by atoms with E-state index in [9.17, 15) is 13.2 Å². The maximum absolute atomic E-state index is 12.2. The predicted molar refractivity (Wildman–Crippen MR) is 76.5 cm³/mol. The minimum absolute atomic E-state index is 0.0555. The van der Waals surface area contributed by atoms with E-state index in [1.54, 1.807) is 17.8 Å². The van der Waals surface area contributed by atoms with Crippen molar-refractivity contribution in [1.82, 2.24) is 9.78 Å². The number of nitrogens with zero attached hydrogens (tertiary/aromatic N) is 2. The van der Waals surface area contributed by atoms with Crippen LogP contribution in [0.4, 0.5) is 5.82 Å². The van der Waals surface area contributed by atoms with Crippen LogP contribution in [-0.2, 0) is 28.3 Å². The fourth-order valence-electron chi connectivity index (χ4n) is 1.77. The van der Waals surface area contributed by atoms with Crippen molar-refractivity contribution in [2.24, 2.45) is 7.05 Å². The maximum Gasteiger partial charge on any atom is 0.307 e. The number of sulfonamides is 1. The number of nitrogens with one attached hydrogen (secondary N) is 1. The number of hydrogen-bond acceptors (Lipinski definition) is 4. The minimum atomic E-state index is -3.74. The molecular weight excluding hydrogens is 294 g/mol. The van der Waals surface area contributed by atoms with E-state index >= 15 is 0 Å². The monoisotopic (exact) mass is 309 g/mol. The highest BCUT2D eigenvalue weighted by Gasteiger charge is 2.16. The summed E-state index contributed by atoms with van der Waals surface area (Å²) < 4.78 is 28.3. The van der Waals surface area contributed by atoms with Gasteiger partial charge in [-0.15, -0.1) is 0 Å². The molecule has 2 rings (SSSR count). The fraction of sp³-hybridized carbons (Fsp3) is 0.231. The zero-order chi connectivity index (χ0) is 15.6. The quantitative estimate of drug-likeness (QED) is 0.863. The van der Waals surface area contributed by atoms with Crippen molar-refractivity contribution in [3.63, 3.8) is 0 Å². The summed E-state index contributed by atoms with van der Waals surface area (Å²) in [5, 5.41) is 12.7. The molecule has 0 saturated carbocycles. The number of aryl methyl sites for hydroxylation is 2. The van der Waals surface area contributed by atoms with Crippen molar-refractivity contribution in [3.8, 4) is 0 Å². The van der Waals surface area contributed by atoms with Crippen LogP contribution in [0, 0.1) is 6.92 Å². The first-order chi connectivity index (χ1) is 9.78. The summed E-state index contributed by atoms with van der Waals surface area (Å²) in [6.07, 6.45) is -0.146. The molecule has 8 heteroatoms. The molecule has 1 aromatic carbocycles. The lowest BCUT2D eigenvalue weighted by Gasteiger charge is -2.06. The number of carboxylic acid groups (broad SMARTS) is 1. The van der Waals surface area contributed by atoms with Crippen LogP contribution in [0.1, 0.15) is 11.3 Å². The van der Waals surface area contributed by atoms with Crippen LogP contribution in [0.5, 0.6) is 0 Å². The summed E-state index contributed by atoms with van der Waals surface area (Å²) in [6, 6.07) is 7.32. The van der Waals surface area contributed by atoms with Gasteiger partial charge in [0.25, 0.3) is 10.0 Å². The van der Waals surface area contributed by atoms with Gasteiger partial charge in [-0.2, -0.15) is 5.10 Å². The number of carbonyl (C=O) groups is 1. The Kier molecular flexibility index (Phi) is 3.99. The maximum atomic E-state index is 12.2. The van der Waals surface area contributed by atoms with E-state index in [0.29, 0.717) is 5.56 Å². The number of benzene rings is 1. The van der Waals surface area contributed by atoms with Gasteiger partial charge in [0, 0.05) is 18.8 Å². The van der Waals surface area contributed by atoms with Crippen LogP contribution < -0.4 is 4.72 Å². The zero-order valence-electron chi connectivity index (χ0n) is 11.6. The molecule has 1 heterocycles. The molecule has 0 aliphatic rings. The van der Waals surface area contributed by atoms with Gasteiger partial charge >= 0.3 is 5.97 Å². The van der Waals surface area contributed by atoms with Gasteiger partial charge in [0.1, 0.15) is 0 Å². The van der Waals surface area contributed by atoms with Gasteiger partial charge in [-0.1, -0.05) is 12.1 Å². The van der Waals surface area contributed by atoms with E-state index in [0.717, 1.165) is 5.69 Å². The molecule has 0 amide bonds. The molecule has 0 unspecified atom stereocenters. The molecule has 7 nitrogen and oxygen atoms in total.